The third kappa shape index (κ3) is 46.5. The van der Waals surface area contributed by atoms with Gasteiger partial charge in [-0.3, -0.25) is 13.8 Å². The molecule has 0 saturated heterocycles. The second-order valence-corrected chi connectivity index (χ2v) is 20.4. The topological polar surface area (TPSA) is 105 Å². The molecule has 9 heteroatoms. The summed E-state index contributed by atoms with van der Waals surface area (Å²) < 4.78 is 23.6. The quantitative estimate of drug-likeness (QED) is 0.0185. The minimum absolute atomic E-state index is 0.0527. The zero-order valence-electron chi connectivity index (χ0n) is 41.4. The number of carbonyl (C=O) groups excluding carboxylic acids is 1. The maximum atomic E-state index is 12.9. The van der Waals surface area contributed by atoms with E-state index in [2.05, 4.69) is 55.6 Å². The lowest BCUT2D eigenvalue weighted by molar-refractivity contribution is -0.870. The molecule has 0 fully saturated rings. The molecule has 0 spiro atoms. The molecule has 0 radical (unpaired) electrons. The largest absolute Gasteiger partial charge is 0.472 e. The van der Waals surface area contributed by atoms with Crippen LogP contribution in [0.5, 0.6) is 0 Å². The summed E-state index contributed by atoms with van der Waals surface area (Å²) in [4.78, 5) is 23.2. The van der Waals surface area contributed by atoms with E-state index in [4.69, 9.17) is 9.05 Å². The predicted octanol–water partition coefficient (Wildman–Crippen LogP) is 15.2. The number of hydrogen-bond acceptors (Lipinski definition) is 5. The number of rotatable bonds is 47. The molecule has 0 bridgehead atoms. The third-order valence-electron chi connectivity index (χ3n) is 11.5. The van der Waals surface area contributed by atoms with Gasteiger partial charge in [0.05, 0.1) is 39.9 Å². The molecule has 0 aromatic carbocycles. The minimum atomic E-state index is -4.35. The lowest BCUT2D eigenvalue weighted by Crippen LogP contribution is -2.45. The van der Waals surface area contributed by atoms with Gasteiger partial charge in [-0.25, -0.2) is 4.57 Å². The first-order valence-corrected chi connectivity index (χ1v) is 27.5. The summed E-state index contributed by atoms with van der Waals surface area (Å²) in [5, 5.41) is 13.9. The van der Waals surface area contributed by atoms with Gasteiger partial charge >= 0.3 is 7.82 Å². The number of aliphatic hydroxyl groups is 1. The molecule has 0 rings (SSSR count). The van der Waals surface area contributed by atoms with Crippen LogP contribution in [-0.2, 0) is 18.4 Å². The summed E-state index contributed by atoms with van der Waals surface area (Å²) >= 11 is 0. The number of amides is 1. The zero-order valence-corrected chi connectivity index (χ0v) is 42.3. The Morgan fingerprint density at radius 1 is 0.548 bits per heavy atom. The van der Waals surface area contributed by atoms with Crippen molar-refractivity contribution in [1.82, 2.24) is 5.32 Å². The number of nitrogens with one attached hydrogen (secondary N) is 1. The standard InChI is InChI=1S/C53H101N2O6P/c1-6-8-10-12-14-16-18-20-22-23-24-25-26-27-28-29-30-31-33-34-36-38-40-42-44-46-52(56)51(50-61-62(58,59)60-49-48-55(3,4)5)54-53(57)47-45-43-41-39-37-35-32-21-19-17-15-13-11-9-7-2/h15,17,19,21,36,38,44,46,51-52,56H,6-14,16,18,20,22-35,37,39-43,45,47-50H2,1-5H3,(H-,54,57,58,59)/p+1/b17-15-,21-19-,38-36+,46-44+. The molecule has 0 aliphatic carbocycles. The SMILES string of the molecule is CCCCC/C=C\C=C/CCCCCCCCC(=O)NC(COP(=O)(O)OCC[N+](C)(C)C)C(O)/C=C/CC/C=C/CCCCCCCCCCCCCCCCCCCCC. The first-order chi connectivity index (χ1) is 30.0. The second kappa shape index (κ2) is 44.7. The fraction of sp³-hybridized carbons (Fsp3) is 0.830. The highest BCUT2D eigenvalue weighted by Crippen LogP contribution is 2.43. The highest BCUT2D eigenvalue weighted by molar-refractivity contribution is 7.47. The van der Waals surface area contributed by atoms with E-state index in [1.807, 2.05) is 27.2 Å². The number of hydrogen-bond donors (Lipinski definition) is 3. The molecule has 0 heterocycles. The third-order valence-corrected chi connectivity index (χ3v) is 12.5. The van der Waals surface area contributed by atoms with E-state index in [1.54, 1.807) is 6.08 Å². The second-order valence-electron chi connectivity index (χ2n) is 18.9. The Balaban J connectivity index is 4.31. The van der Waals surface area contributed by atoms with Gasteiger partial charge in [-0.2, -0.15) is 0 Å². The highest BCUT2D eigenvalue weighted by atomic mass is 31.2. The Kier molecular flexibility index (Phi) is 43.5. The molecule has 364 valence electrons. The molecule has 3 N–H and O–H groups in total. The van der Waals surface area contributed by atoms with Crippen LogP contribution in [0.1, 0.15) is 232 Å². The van der Waals surface area contributed by atoms with E-state index >= 15 is 0 Å². The van der Waals surface area contributed by atoms with E-state index in [9.17, 15) is 19.4 Å². The number of aliphatic hydroxyl groups excluding tert-OH is 1. The maximum Gasteiger partial charge on any atom is 0.472 e. The van der Waals surface area contributed by atoms with Crippen LogP contribution in [0.25, 0.3) is 0 Å². The van der Waals surface area contributed by atoms with Gasteiger partial charge < -0.3 is 19.8 Å². The average molecular weight is 894 g/mol. The number of carbonyl (C=O) groups is 1. The molecule has 3 atom stereocenters. The summed E-state index contributed by atoms with van der Waals surface area (Å²) in [6.45, 7) is 4.77. The number of unbranched alkanes of at least 4 members (excludes halogenated alkanes) is 29. The summed E-state index contributed by atoms with van der Waals surface area (Å²) in [5.41, 5.74) is 0. The predicted molar refractivity (Wildman–Crippen MR) is 267 cm³/mol. The van der Waals surface area contributed by atoms with Gasteiger partial charge in [0.15, 0.2) is 0 Å². The van der Waals surface area contributed by atoms with Crippen molar-refractivity contribution in [3.05, 3.63) is 48.6 Å². The summed E-state index contributed by atoms with van der Waals surface area (Å²) in [6, 6.07) is -0.870. The average Bonchev–Trinajstić information content (AvgIpc) is 3.23. The van der Waals surface area contributed by atoms with Crippen LogP contribution in [0.3, 0.4) is 0 Å². The molecular formula is C53H102N2O6P+. The van der Waals surface area contributed by atoms with E-state index in [0.29, 0.717) is 17.4 Å². The lowest BCUT2D eigenvalue weighted by Gasteiger charge is -2.25. The summed E-state index contributed by atoms with van der Waals surface area (Å²) in [5.74, 6) is -0.199. The maximum absolute atomic E-state index is 12.9. The molecule has 0 aliphatic heterocycles. The molecular weight excluding hydrogens is 792 g/mol. The number of phosphoric acid groups is 1. The number of allylic oxidation sites excluding steroid dienone is 7. The molecule has 0 aromatic heterocycles. The summed E-state index contributed by atoms with van der Waals surface area (Å²) in [7, 11) is 1.55. The molecule has 0 aromatic rings. The van der Waals surface area contributed by atoms with E-state index < -0.39 is 20.0 Å². The van der Waals surface area contributed by atoms with Gasteiger partial charge in [0.2, 0.25) is 5.91 Å². The minimum Gasteiger partial charge on any atom is -0.387 e. The van der Waals surface area contributed by atoms with Gasteiger partial charge in [0.1, 0.15) is 13.2 Å². The zero-order chi connectivity index (χ0) is 45.7. The number of phosphoric ester groups is 1. The van der Waals surface area contributed by atoms with Crippen LogP contribution < -0.4 is 5.32 Å². The number of likely N-dealkylation sites (N-methyl/N-ethyl adjacent to an activating group) is 1. The molecule has 3 unspecified atom stereocenters. The Hall–Kier alpha value is -1.54. The Morgan fingerprint density at radius 2 is 0.935 bits per heavy atom. The van der Waals surface area contributed by atoms with Crippen molar-refractivity contribution in [2.24, 2.45) is 0 Å². The van der Waals surface area contributed by atoms with Crippen LogP contribution in [0.4, 0.5) is 0 Å². The van der Waals surface area contributed by atoms with Crippen molar-refractivity contribution in [3.63, 3.8) is 0 Å². The van der Waals surface area contributed by atoms with Crippen LogP contribution in [0, 0.1) is 0 Å². The highest BCUT2D eigenvalue weighted by Gasteiger charge is 2.27. The Bertz CT molecular complexity index is 1150. The van der Waals surface area contributed by atoms with Crippen molar-refractivity contribution < 1.29 is 32.9 Å². The smallest absolute Gasteiger partial charge is 0.387 e. The monoisotopic (exact) mass is 894 g/mol. The van der Waals surface area contributed by atoms with Crippen molar-refractivity contribution >= 4 is 13.7 Å². The van der Waals surface area contributed by atoms with Crippen molar-refractivity contribution in [1.29, 1.82) is 0 Å². The van der Waals surface area contributed by atoms with Crippen molar-refractivity contribution in [2.45, 2.75) is 244 Å². The Labute approximate surface area is 384 Å². The van der Waals surface area contributed by atoms with Gasteiger partial charge in [0, 0.05) is 6.42 Å². The van der Waals surface area contributed by atoms with Gasteiger partial charge in [0.25, 0.3) is 0 Å². The number of quaternary nitrogens is 1. The summed E-state index contributed by atoms with van der Waals surface area (Å²) in [6.07, 6.45) is 57.8. The van der Waals surface area contributed by atoms with E-state index in [0.717, 1.165) is 57.8 Å². The first kappa shape index (κ1) is 60.5. The Morgan fingerprint density at radius 3 is 1.42 bits per heavy atom. The molecule has 62 heavy (non-hydrogen) atoms. The van der Waals surface area contributed by atoms with Crippen LogP contribution in [0.15, 0.2) is 48.6 Å². The van der Waals surface area contributed by atoms with Gasteiger partial charge in [-0.05, 0) is 57.8 Å². The van der Waals surface area contributed by atoms with Crippen LogP contribution in [-0.4, -0.2) is 73.4 Å². The van der Waals surface area contributed by atoms with Crippen molar-refractivity contribution in [3.8, 4) is 0 Å². The first-order valence-electron chi connectivity index (χ1n) is 26.0. The van der Waals surface area contributed by atoms with Crippen LogP contribution >= 0.6 is 7.82 Å². The molecule has 0 saturated carbocycles. The normalized spacial score (nSPS) is 14.5. The van der Waals surface area contributed by atoms with Crippen molar-refractivity contribution in [2.75, 3.05) is 40.9 Å². The lowest BCUT2D eigenvalue weighted by atomic mass is 10.0. The van der Waals surface area contributed by atoms with E-state index in [1.165, 1.54) is 154 Å². The van der Waals surface area contributed by atoms with E-state index in [-0.39, 0.29) is 19.1 Å². The number of nitrogens with zero attached hydrogens (tertiary/aromatic N) is 1. The molecule has 1 amide bonds. The fourth-order valence-corrected chi connectivity index (χ4v) is 8.14. The van der Waals surface area contributed by atoms with Gasteiger partial charge in [-0.15, -0.1) is 0 Å². The fourth-order valence-electron chi connectivity index (χ4n) is 7.40. The molecule has 8 nitrogen and oxygen atoms in total. The van der Waals surface area contributed by atoms with Crippen LogP contribution in [0.2, 0.25) is 0 Å². The molecule has 0 aliphatic rings. The van der Waals surface area contributed by atoms with Gasteiger partial charge in [-0.1, -0.05) is 217 Å².